The Kier molecular flexibility index (Phi) is 5.88. The van der Waals surface area contributed by atoms with Crippen LogP contribution < -0.4 is 9.64 Å². The van der Waals surface area contributed by atoms with E-state index in [0.29, 0.717) is 32.1 Å². The molecule has 0 radical (unpaired) electrons. The molecule has 0 aliphatic carbocycles. The molecule has 1 aliphatic heterocycles. The molecule has 3 aromatic rings. The fraction of sp³-hybridized carbons (Fsp3) is 0.167. The second-order valence-corrected chi connectivity index (χ2v) is 8.69. The molecule has 1 unspecified atom stereocenters. The molecule has 4 rings (SSSR count). The van der Waals surface area contributed by atoms with E-state index in [2.05, 4.69) is 15.9 Å². The second kappa shape index (κ2) is 8.46. The predicted molar refractivity (Wildman–Crippen MR) is 123 cm³/mol. The number of hydrogen-bond donors (Lipinski definition) is 1. The number of nitrogens with zero attached hydrogens (tertiary/aromatic N) is 1. The van der Waals surface area contributed by atoms with Gasteiger partial charge < -0.3 is 14.7 Å². The van der Waals surface area contributed by atoms with Gasteiger partial charge in [-0.15, -0.1) is 0 Å². The number of ketones is 1. The van der Waals surface area contributed by atoms with Crippen LogP contribution in [-0.2, 0) is 16.9 Å². The van der Waals surface area contributed by atoms with E-state index in [9.17, 15) is 14.7 Å². The van der Waals surface area contributed by atoms with Gasteiger partial charge in [-0.3, -0.25) is 9.59 Å². The zero-order valence-electron chi connectivity index (χ0n) is 16.6. The number of Topliss-reactive ketones (excluding diaryl/α,β-unsaturated/α-hetero) is 1. The van der Waals surface area contributed by atoms with Crippen molar-refractivity contribution in [3.8, 4) is 5.75 Å². The summed E-state index contributed by atoms with van der Waals surface area (Å²) < 4.78 is 5.98. The molecule has 0 saturated carbocycles. The van der Waals surface area contributed by atoms with E-state index < -0.39 is 17.9 Å². The number of fused-ring (bicyclic) bond motifs is 1. The zero-order valence-corrected chi connectivity index (χ0v) is 19.0. The number of halogens is 2. The molecule has 7 heteroatoms. The summed E-state index contributed by atoms with van der Waals surface area (Å²) in [6.45, 7) is 0.246. The van der Waals surface area contributed by atoms with Crippen molar-refractivity contribution in [2.75, 3.05) is 12.0 Å². The van der Waals surface area contributed by atoms with Crippen molar-refractivity contribution in [2.45, 2.75) is 18.6 Å². The molecule has 158 valence electrons. The Balaban J connectivity index is 1.72. The first-order valence-corrected chi connectivity index (χ1v) is 10.8. The van der Waals surface area contributed by atoms with Crippen LogP contribution in [0.3, 0.4) is 0 Å². The number of rotatable bonds is 6. The molecular weight excluding hydrogens is 482 g/mol. The van der Waals surface area contributed by atoms with Crippen molar-refractivity contribution in [2.24, 2.45) is 0 Å². The molecule has 31 heavy (non-hydrogen) atoms. The van der Waals surface area contributed by atoms with Gasteiger partial charge >= 0.3 is 0 Å². The molecule has 1 amide bonds. The standard InChI is InChI=1S/C24H19BrClNO4/c1-31-22-5-3-2-4-18(22)21(28)13-24(30)19-12-16(25)8-11-20(19)27(23(24)29)14-15-6-9-17(26)10-7-15/h2-12,30H,13-14H2,1H3. The van der Waals surface area contributed by atoms with E-state index in [1.165, 1.54) is 12.0 Å². The summed E-state index contributed by atoms with van der Waals surface area (Å²) in [5, 5.41) is 12.1. The van der Waals surface area contributed by atoms with E-state index in [1.54, 1.807) is 54.6 Å². The molecular formula is C24H19BrClNO4. The van der Waals surface area contributed by atoms with Gasteiger partial charge in [-0.25, -0.2) is 0 Å². The van der Waals surface area contributed by atoms with Crippen LogP contribution in [0.1, 0.15) is 27.9 Å². The molecule has 5 nitrogen and oxygen atoms in total. The molecule has 1 atom stereocenters. The Morgan fingerprint density at radius 1 is 1.13 bits per heavy atom. The zero-order chi connectivity index (χ0) is 22.2. The monoisotopic (exact) mass is 499 g/mol. The predicted octanol–water partition coefficient (Wildman–Crippen LogP) is 5.12. The number of carbonyl (C=O) groups excluding carboxylic acids is 2. The molecule has 1 aliphatic rings. The normalized spacial score (nSPS) is 17.5. The molecule has 1 N–H and O–H groups in total. The summed E-state index contributed by atoms with van der Waals surface area (Å²) in [7, 11) is 1.47. The molecule has 0 saturated heterocycles. The summed E-state index contributed by atoms with van der Waals surface area (Å²) >= 11 is 9.37. The van der Waals surface area contributed by atoms with Crippen LogP contribution >= 0.6 is 27.5 Å². The van der Waals surface area contributed by atoms with Crippen molar-refractivity contribution >= 4 is 44.9 Å². The minimum absolute atomic E-state index is 0.246. The van der Waals surface area contributed by atoms with Crippen molar-refractivity contribution in [3.63, 3.8) is 0 Å². The van der Waals surface area contributed by atoms with Gasteiger partial charge in [-0.05, 0) is 48.0 Å². The Bertz CT molecular complexity index is 1160. The average molecular weight is 501 g/mol. The van der Waals surface area contributed by atoms with Crippen LogP contribution in [0.25, 0.3) is 0 Å². The molecule has 0 spiro atoms. The van der Waals surface area contributed by atoms with E-state index in [0.717, 1.165) is 5.56 Å². The maximum atomic E-state index is 13.4. The molecule has 3 aromatic carbocycles. The number of ether oxygens (including phenoxy) is 1. The number of amides is 1. The highest BCUT2D eigenvalue weighted by molar-refractivity contribution is 9.10. The molecule has 0 aromatic heterocycles. The third-order valence-corrected chi connectivity index (χ3v) is 6.12. The van der Waals surface area contributed by atoms with Gasteiger partial charge in [0.05, 0.1) is 31.3 Å². The highest BCUT2D eigenvalue weighted by Crippen LogP contribution is 2.45. The quantitative estimate of drug-likeness (QED) is 0.477. The minimum atomic E-state index is -1.98. The van der Waals surface area contributed by atoms with E-state index in [4.69, 9.17) is 16.3 Å². The van der Waals surface area contributed by atoms with Gasteiger partial charge in [-0.1, -0.05) is 51.8 Å². The van der Waals surface area contributed by atoms with Crippen molar-refractivity contribution in [3.05, 3.63) is 92.9 Å². The third-order valence-electron chi connectivity index (χ3n) is 5.37. The molecule has 0 fully saturated rings. The number of anilines is 1. The van der Waals surface area contributed by atoms with Crippen LogP contribution in [0, 0.1) is 0 Å². The van der Waals surface area contributed by atoms with Gasteiger partial charge in [0.1, 0.15) is 5.75 Å². The van der Waals surface area contributed by atoms with Gasteiger partial charge in [0.2, 0.25) is 0 Å². The number of aliphatic hydroxyl groups is 1. The van der Waals surface area contributed by atoms with E-state index in [-0.39, 0.29) is 12.3 Å². The van der Waals surface area contributed by atoms with Gasteiger partial charge in [0.25, 0.3) is 5.91 Å². The third kappa shape index (κ3) is 3.99. The van der Waals surface area contributed by atoms with Crippen LogP contribution in [0.4, 0.5) is 5.69 Å². The van der Waals surface area contributed by atoms with E-state index >= 15 is 0 Å². The minimum Gasteiger partial charge on any atom is -0.496 e. The van der Waals surface area contributed by atoms with Crippen LogP contribution in [0.5, 0.6) is 5.75 Å². The SMILES string of the molecule is COc1ccccc1C(=O)CC1(O)C(=O)N(Cc2ccc(Cl)cc2)c2ccc(Br)cc21. The number of methoxy groups -OCH3 is 1. The van der Waals surface area contributed by atoms with Crippen LogP contribution in [0.2, 0.25) is 5.02 Å². The van der Waals surface area contributed by atoms with Crippen molar-refractivity contribution in [1.29, 1.82) is 0 Å². The van der Waals surface area contributed by atoms with Crippen LogP contribution in [-0.4, -0.2) is 23.9 Å². The second-order valence-electron chi connectivity index (χ2n) is 7.34. The lowest BCUT2D eigenvalue weighted by Crippen LogP contribution is -2.41. The fourth-order valence-electron chi connectivity index (χ4n) is 3.83. The first-order valence-electron chi connectivity index (χ1n) is 9.58. The van der Waals surface area contributed by atoms with E-state index in [1.807, 2.05) is 12.1 Å². The average Bonchev–Trinajstić information content (AvgIpc) is 2.96. The number of hydrogen-bond acceptors (Lipinski definition) is 4. The lowest BCUT2D eigenvalue weighted by Gasteiger charge is -2.23. The summed E-state index contributed by atoms with van der Waals surface area (Å²) in [5.41, 5.74) is 0.150. The molecule has 1 heterocycles. The number of para-hydroxylation sites is 1. The summed E-state index contributed by atoms with van der Waals surface area (Å²) in [4.78, 5) is 28.0. The maximum Gasteiger partial charge on any atom is 0.264 e. The van der Waals surface area contributed by atoms with Crippen molar-refractivity contribution in [1.82, 2.24) is 0 Å². The highest BCUT2D eigenvalue weighted by atomic mass is 79.9. The first kappa shape index (κ1) is 21.6. The van der Waals surface area contributed by atoms with Crippen LogP contribution in [0.15, 0.2) is 71.2 Å². The van der Waals surface area contributed by atoms with Gasteiger partial charge in [0.15, 0.2) is 11.4 Å². The van der Waals surface area contributed by atoms with Crippen molar-refractivity contribution < 1.29 is 19.4 Å². The number of carbonyl (C=O) groups is 2. The topological polar surface area (TPSA) is 66.8 Å². The van der Waals surface area contributed by atoms with Gasteiger partial charge in [0, 0.05) is 15.1 Å². The first-order chi connectivity index (χ1) is 14.8. The summed E-state index contributed by atoms with van der Waals surface area (Å²) in [6.07, 6.45) is -0.396. The lowest BCUT2D eigenvalue weighted by atomic mass is 9.88. The Labute approximate surface area is 193 Å². The summed E-state index contributed by atoms with van der Waals surface area (Å²) in [6, 6.07) is 19.2. The highest BCUT2D eigenvalue weighted by Gasteiger charge is 2.51. The smallest absolute Gasteiger partial charge is 0.264 e. The largest absolute Gasteiger partial charge is 0.496 e. The Morgan fingerprint density at radius 2 is 1.84 bits per heavy atom. The Hall–Kier alpha value is -2.67. The lowest BCUT2D eigenvalue weighted by molar-refractivity contribution is -0.136. The fourth-order valence-corrected chi connectivity index (χ4v) is 4.31. The molecule has 0 bridgehead atoms. The maximum absolute atomic E-state index is 13.4. The number of benzene rings is 3. The summed E-state index contributed by atoms with van der Waals surface area (Å²) in [5.74, 6) is -0.527. The van der Waals surface area contributed by atoms with Gasteiger partial charge in [-0.2, -0.15) is 0 Å². The Morgan fingerprint density at radius 3 is 2.55 bits per heavy atom.